The van der Waals surface area contributed by atoms with Crippen LogP contribution in [0.1, 0.15) is 10.4 Å². The van der Waals surface area contributed by atoms with Gasteiger partial charge in [-0.25, -0.2) is 4.98 Å². The van der Waals surface area contributed by atoms with Crippen molar-refractivity contribution >= 4 is 39.9 Å². The highest BCUT2D eigenvalue weighted by molar-refractivity contribution is 8.01. The van der Waals surface area contributed by atoms with Crippen LogP contribution >= 0.6 is 23.1 Å². The second-order valence-electron chi connectivity index (χ2n) is 5.10. The van der Waals surface area contributed by atoms with Crippen molar-refractivity contribution < 1.29 is 9.59 Å². The first-order valence-corrected chi connectivity index (χ1v) is 9.27. The molecular formula is C18H15N3O2S2. The number of nitrogens with two attached hydrogens (primary N) is 1. The lowest BCUT2D eigenvalue weighted by Gasteiger charge is -2.05. The Balaban J connectivity index is 1.90. The van der Waals surface area contributed by atoms with E-state index in [1.165, 1.54) is 23.1 Å². The number of hydrogen-bond donors (Lipinski definition) is 2. The first kappa shape index (κ1) is 17.2. The van der Waals surface area contributed by atoms with E-state index < -0.39 is 5.91 Å². The minimum Gasteiger partial charge on any atom is -0.369 e. The highest BCUT2D eigenvalue weighted by Gasteiger charge is 2.17. The fourth-order valence-corrected chi connectivity index (χ4v) is 3.94. The van der Waals surface area contributed by atoms with Crippen LogP contribution < -0.4 is 11.1 Å². The van der Waals surface area contributed by atoms with E-state index in [2.05, 4.69) is 10.3 Å². The smallest absolute Gasteiger partial charge is 0.256 e. The molecule has 1 heterocycles. The highest BCUT2D eigenvalue weighted by Crippen LogP contribution is 2.37. The van der Waals surface area contributed by atoms with Crippen molar-refractivity contribution in [3.63, 3.8) is 0 Å². The summed E-state index contributed by atoms with van der Waals surface area (Å²) in [5, 5.41) is 3.57. The van der Waals surface area contributed by atoms with E-state index in [4.69, 9.17) is 5.73 Å². The van der Waals surface area contributed by atoms with Crippen LogP contribution in [-0.4, -0.2) is 22.6 Å². The van der Waals surface area contributed by atoms with Gasteiger partial charge in [-0.3, -0.25) is 9.59 Å². The molecule has 3 rings (SSSR count). The number of rotatable bonds is 6. The van der Waals surface area contributed by atoms with Gasteiger partial charge in [-0.2, -0.15) is 0 Å². The van der Waals surface area contributed by atoms with Crippen molar-refractivity contribution in [2.45, 2.75) is 4.34 Å². The van der Waals surface area contributed by atoms with Gasteiger partial charge in [0.1, 0.15) is 10.7 Å². The van der Waals surface area contributed by atoms with Crippen molar-refractivity contribution in [1.82, 2.24) is 4.98 Å². The van der Waals surface area contributed by atoms with E-state index in [-0.39, 0.29) is 11.7 Å². The molecule has 1 aromatic heterocycles. The molecule has 0 atom stereocenters. The molecule has 0 aliphatic heterocycles. The second-order valence-corrected chi connectivity index (χ2v) is 7.32. The molecule has 0 saturated heterocycles. The zero-order valence-corrected chi connectivity index (χ0v) is 14.8. The van der Waals surface area contributed by atoms with Crippen LogP contribution in [0.15, 0.2) is 65.0 Å². The number of thioether (sulfide) groups is 1. The molecule has 7 heteroatoms. The molecule has 3 N–H and O–H groups in total. The zero-order valence-electron chi connectivity index (χ0n) is 13.1. The minimum absolute atomic E-state index is 0.147. The monoisotopic (exact) mass is 369 g/mol. The Labute approximate surface area is 153 Å². The molecule has 2 amide bonds. The van der Waals surface area contributed by atoms with Gasteiger partial charge in [0, 0.05) is 11.1 Å². The number of aromatic nitrogens is 1. The molecule has 0 saturated carbocycles. The number of nitrogens with one attached hydrogen (secondary N) is 1. The maximum atomic E-state index is 12.5. The third-order valence-electron chi connectivity index (χ3n) is 3.26. The van der Waals surface area contributed by atoms with E-state index in [9.17, 15) is 9.59 Å². The van der Waals surface area contributed by atoms with Gasteiger partial charge in [0.25, 0.3) is 5.91 Å². The Hall–Kier alpha value is -2.64. The van der Waals surface area contributed by atoms with E-state index in [0.717, 1.165) is 5.56 Å². The number of amides is 2. The number of primary amides is 1. The average Bonchev–Trinajstić information content (AvgIpc) is 3.04. The van der Waals surface area contributed by atoms with Crippen LogP contribution in [0.3, 0.4) is 0 Å². The lowest BCUT2D eigenvalue weighted by Crippen LogP contribution is -2.12. The lowest BCUT2D eigenvalue weighted by atomic mass is 10.1. The number of carbonyl (C=O) groups excluding carboxylic acids is 2. The van der Waals surface area contributed by atoms with Gasteiger partial charge in [0.2, 0.25) is 5.91 Å². The fourth-order valence-electron chi connectivity index (χ4n) is 2.14. The number of nitrogens with zero attached hydrogens (tertiary/aromatic N) is 1. The van der Waals surface area contributed by atoms with Crippen molar-refractivity contribution in [3.8, 4) is 11.3 Å². The third kappa shape index (κ3) is 4.46. The number of thiazole rings is 1. The standard InChI is InChI=1S/C18H15N3O2S2/c19-14(22)11-24-18-20-15(12-7-3-1-4-8-12)17(25-18)21-16(23)13-9-5-2-6-10-13/h1-10H,11H2,(H2,19,22)(H,21,23). The Kier molecular flexibility index (Phi) is 5.47. The van der Waals surface area contributed by atoms with Crippen molar-refractivity contribution in [2.24, 2.45) is 5.73 Å². The highest BCUT2D eigenvalue weighted by atomic mass is 32.2. The molecule has 2 aromatic carbocycles. The number of anilines is 1. The van der Waals surface area contributed by atoms with Gasteiger partial charge in [-0.05, 0) is 12.1 Å². The Morgan fingerprint density at radius 1 is 1.04 bits per heavy atom. The Bertz CT molecular complexity index is 880. The molecule has 0 aliphatic carbocycles. The molecule has 0 unspecified atom stereocenters. The van der Waals surface area contributed by atoms with E-state index >= 15 is 0 Å². The fraction of sp³-hybridized carbons (Fsp3) is 0.0556. The number of carbonyl (C=O) groups is 2. The molecule has 0 aliphatic rings. The Morgan fingerprint density at radius 3 is 2.32 bits per heavy atom. The normalized spacial score (nSPS) is 10.4. The number of benzene rings is 2. The predicted octanol–water partition coefficient (Wildman–Crippen LogP) is 3.64. The van der Waals surface area contributed by atoms with Gasteiger partial charge >= 0.3 is 0 Å². The molecule has 0 fully saturated rings. The molecule has 5 nitrogen and oxygen atoms in total. The van der Waals surface area contributed by atoms with Gasteiger partial charge in [-0.15, -0.1) is 0 Å². The quantitative estimate of drug-likeness (QED) is 0.650. The molecule has 25 heavy (non-hydrogen) atoms. The maximum Gasteiger partial charge on any atom is 0.256 e. The molecule has 0 bridgehead atoms. The topological polar surface area (TPSA) is 85.1 Å². The summed E-state index contributed by atoms with van der Waals surface area (Å²) in [4.78, 5) is 28.0. The molecule has 0 radical (unpaired) electrons. The van der Waals surface area contributed by atoms with Gasteiger partial charge in [-0.1, -0.05) is 71.6 Å². The first-order chi connectivity index (χ1) is 12.1. The average molecular weight is 369 g/mol. The van der Waals surface area contributed by atoms with Crippen LogP contribution in [0.2, 0.25) is 0 Å². The van der Waals surface area contributed by atoms with E-state index in [1.807, 2.05) is 48.5 Å². The van der Waals surface area contributed by atoms with E-state index in [1.54, 1.807) is 12.1 Å². The molecule has 3 aromatic rings. The number of hydrogen-bond acceptors (Lipinski definition) is 5. The summed E-state index contributed by atoms with van der Waals surface area (Å²) < 4.78 is 0.681. The second kappa shape index (κ2) is 7.96. The van der Waals surface area contributed by atoms with Crippen LogP contribution in [0, 0.1) is 0 Å². The summed E-state index contributed by atoms with van der Waals surface area (Å²) in [6, 6.07) is 18.6. The van der Waals surface area contributed by atoms with Crippen LogP contribution in [-0.2, 0) is 4.79 Å². The molecular weight excluding hydrogens is 354 g/mol. The van der Waals surface area contributed by atoms with Crippen molar-refractivity contribution in [1.29, 1.82) is 0 Å². The van der Waals surface area contributed by atoms with Crippen LogP contribution in [0.5, 0.6) is 0 Å². The zero-order chi connectivity index (χ0) is 17.6. The van der Waals surface area contributed by atoms with Gasteiger partial charge < -0.3 is 11.1 Å². The minimum atomic E-state index is -0.406. The van der Waals surface area contributed by atoms with Crippen molar-refractivity contribution in [3.05, 3.63) is 66.2 Å². The maximum absolute atomic E-state index is 12.5. The Morgan fingerprint density at radius 2 is 1.68 bits per heavy atom. The summed E-state index contributed by atoms with van der Waals surface area (Å²) in [6.45, 7) is 0. The molecule has 126 valence electrons. The van der Waals surface area contributed by atoms with Crippen LogP contribution in [0.4, 0.5) is 5.00 Å². The summed E-state index contributed by atoms with van der Waals surface area (Å²) in [5.74, 6) is -0.461. The SMILES string of the molecule is NC(=O)CSc1nc(-c2ccccc2)c(NC(=O)c2ccccc2)s1. The van der Waals surface area contributed by atoms with Crippen molar-refractivity contribution in [2.75, 3.05) is 11.1 Å². The van der Waals surface area contributed by atoms with Gasteiger partial charge in [0.15, 0.2) is 4.34 Å². The van der Waals surface area contributed by atoms with E-state index in [0.29, 0.717) is 20.6 Å². The predicted molar refractivity (Wildman–Crippen MR) is 102 cm³/mol. The summed E-state index contributed by atoms with van der Waals surface area (Å²) in [5.41, 5.74) is 7.35. The summed E-state index contributed by atoms with van der Waals surface area (Å²) in [7, 11) is 0. The lowest BCUT2D eigenvalue weighted by molar-refractivity contribution is -0.115. The summed E-state index contributed by atoms with van der Waals surface area (Å²) >= 11 is 2.59. The van der Waals surface area contributed by atoms with Crippen LogP contribution in [0.25, 0.3) is 11.3 Å². The largest absolute Gasteiger partial charge is 0.369 e. The third-order valence-corrected chi connectivity index (χ3v) is 5.39. The summed E-state index contributed by atoms with van der Waals surface area (Å²) in [6.07, 6.45) is 0. The van der Waals surface area contributed by atoms with Gasteiger partial charge in [0.05, 0.1) is 5.75 Å². The molecule has 0 spiro atoms. The first-order valence-electron chi connectivity index (χ1n) is 7.47.